The predicted molar refractivity (Wildman–Crippen MR) is 67.3 cm³/mol. The molecule has 0 radical (unpaired) electrons. The number of rotatable bonds is 5. The lowest BCUT2D eigenvalue weighted by Crippen LogP contribution is -2.31. The Morgan fingerprint density at radius 1 is 1.53 bits per heavy atom. The average molecular weight is 230 g/mol. The average Bonchev–Trinajstić information content (AvgIpc) is 2.30. The van der Waals surface area contributed by atoms with E-state index in [0.717, 1.165) is 6.42 Å². The van der Waals surface area contributed by atoms with Crippen LogP contribution in [0.3, 0.4) is 0 Å². The van der Waals surface area contributed by atoms with Crippen LogP contribution in [-0.2, 0) is 11.2 Å². The van der Waals surface area contributed by atoms with Crippen molar-refractivity contribution in [3.8, 4) is 6.07 Å². The van der Waals surface area contributed by atoms with Gasteiger partial charge in [-0.2, -0.15) is 5.26 Å². The number of hydrogen-bond donors (Lipinski definition) is 1. The van der Waals surface area contributed by atoms with Crippen LogP contribution >= 0.6 is 0 Å². The summed E-state index contributed by atoms with van der Waals surface area (Å²) in [6, 6.07) is 10.2. The van der Waals surface area contributed by atoms with Crippen LogP contribution in [-0.4, -0.2) is 12.5 Å². The number of hydrogen-bond acceptors (Lipinski definition) is 2. The monoisotopic (exact) mass is 230 g/mol. The molecule has 0 aliphatic rings. The summed E-state index contributed by atoms with van der Waals surface area (Å²) in [5, 5.41) is 11.5. The van der Waals surface area contributed by atoms with Gasteiger partial charge in [0.2, 0.25) is 5.91 Å². The number of aryl methyl sites for hydroxylation is 1. The van der Waals surface area contributed by atoms with Crippen molar-refractivity contribution >= 4 is 5.91 Å². The Morgan fingerprint density at radius 3 is 2.88 bits per heavy atom. The summed E-state index contributed by atoms with van der Waals surface area (Å²) in [4.78, 5) is 11.5. The first-order valence-corrected chi connectivity index (χ1v) is 5.90. The molecule has 0 saturated carbocycles. The molecule has 1 atom stereocenters. The Morgan fingerprint density at radius 2 is 2.29 bits per heavy atom. The highest BCUT2D eigenvalue weighted by Gasteiger charge is 2.14. The molecule has 3 nitrogen and oxygen atoms in total. The molecule has 90 valence electrons. The second-order valence-corrected chi connectivity index (χ2v) is 4.12. The third-order valence-corrected chi connectivity index (χ3v) is 2.68. The van der Waals surface area contributed by atoms with Crippen molar-refractivity contribution in [1.29, 1.82) is 5.26 Å². The van der Waals surface area contributed by atoms with Gasteiger partial charge in [0, 0.05) is 6.54 Å². The summed E-state index contributed by atoms with van der Waals surface area (Å²) in [7, 11) is 0. The molecule has 0 bridgehead atoms. The number of benzene rings is 1. The van der Waals surface area contributed by atoms with E-state index in [1.54, 1.807) is 0 Å². The summed E-state index contributed by atoms with van der Waals surface area (Å²) in [6.45, 7) is 4.47. The van der Waals surface area contributed by atoms with Crippen LogP contribution in [0.2, 0.25) is 0 Å². The van der Waals surface area contributed by atoms with Crippen LogP contribution < -0.4 is 5.32 Å². The minimum absolute atomic E-state index is 0.164. The predicted octanol–water partition coefficient (Wildman–Crippen LogP) is 2.20. The molecule has 0 heterocycles. The van der Waals surface area contributed by atoms with Gasteiger partial charge in [0.1, 0.15) is 5.92 Å². The van der Waals surface area contributed by atoms with E-state index < -0.39 is 5.92 Å². The van der Waals surface area contributed by atoms with Crippen molar-refractivity contribution in [2.45, 2.75) is 26.7 Å². The Kier molecular flexibility index (Phi) is 5.22. The molecule has 1 aromatic rings. The van der Waals surface area contributed by atoms with E-state index in [4.69, 9.17) is 5.26 Å². The fraction of sp³-hybridized carbons (Fsp3) is 0.429. The number of amides is 1. The fourth-order valence-electron chi connectivity index (χ4n) is 1.66. The van der Waals surface area contributed by atoms with Crippen LogP contribution in [0.25, 0.3) is 0 Å². The zero-order valence-electron chi connectivity index (χ0n) is 10.4. The SMILES string of the molecule is CCC(C#N)C(=O)NCCc1cccc(C)c1. The summed E-state index contributed by atoms with van der Waals surface area (Å²) in [6.07, 6.45) is 1.36. The normalized spacial score (nSPS) is 11.6. The summed E-state index contributed by atoms with van der Waals surface area (Å²) < 4.78 is 0. The minimum atomic E-state index is -0.521. The molecule has 0 fully saturated rings. The second kappa shape index (κ2) is 6.70. The minimum Gasteiger partial charge on any atom is -0.355 e. The molecule has 0 aliphatic carbocycles. The second-order valence-electron chi connectivity index (χ2n) is 4.12. The Labute approximate surface area is 102 Å². The van der Waals surface area contributed by atoms with E-state index in [2.05, 4.69) is 11.4 Å². The van der Waals surface area contributed by atoms with Gasteiger partial charge in [-0.1, -0.05) is 36.8 Å². The first-order chi connectivity index (χ1) is 8.17. The molecule has 1 rings (SSSR count). The third kappa shape index (κ3) is 4.28. The Bertz CT molecular complexity index is 420. The van der Waals surface area contributed by atoms with Crippen LogP contribution in [0.1, 0.15) is 24.5 Å². The lowest BCUT2D eigenvalue weighted by Gasteiger charge is -2.08. The van der Waals surface area contributed by atoms with E-state index in [9.17, 15) is 4.79 Å². The molecule has 0 aromatic heterocycles. The van der Waals surface area contributed by atoms with Gasteiger partial charge in [-0.25, -0.2) is 0 Å². The molecule has 1 amide bonds. The van der Waals surface area contributed by atoms with Gasteiger partial charge in [-0.3, -0.25) is 4.79 Å². The van der Waals surface area contributed by atoms with E-state index in [1.807, 2.05) is 38.1 Å². The first-order valence-electron chi connectivity index (χ1n) is 5.90. The smallest absolute Gasteiger partial charge is 0.237 e. The van der Waals surface area contributed by atoms with E-state index in [0.29, 0.717) is 13.0 Å². The number of nitrogens with zero attached hydrogens (tertiary/aromatic N) is 1. The van der Waals surface area contributed by atoms with Crippen molar-refractivity contribution in [1.82, 2.24) is 5.32 Å². The van der Waals surface area contributed by atoms with Gasteiger partial charge >= 0.3 is 0 Å². The van der Waals surface area contributed by atoms with Gasteiger partial charge in [-0.15, -0.1) is 0 Å². The highest BCUT2D eigenvalue weighted by Crippen LogP contribution is 2.04. The number of carbonyl (C=O) groups is 1. The maximum absolute atomic E-state index is 11.5. The molecule has 17 heavy (non-hydrogen) atoms. The summed E-state index contributed by atoms with van der Waals surface area (Å²) >= 11 is 0. The van der Waals surface area contributed by atoms with Crippen molar-refractivity contribution in [2.75, 3.05) is 6.54 Å². The maximum atomic E-state index is 11.5. The summed E-state index contributed by atoms with van der Waals surface area (Å²) in [5.41, 5.74) is 2.42. The molecule has 1 unspecified atom stereocenters. The van der Waals surface area contributed by atoms with Crippen LogP contribution in [0, 0.1) is 24.2 Å². The molecule has 0 spiro atoms. The Hall–Kier alpha value is -1.82. The van der Waals surface area contributed by atoms with Gasteiger partial charge in [0.05, 0.1) is 6.07 Å². The maximum Gasteiger partial charge on any atom is 0.237 e. The van der Waals surface area contributed by atoms with Crippen molar-refractivity contribution in [2.24, 2.45) is 5.92 Å². The lowest BCUT2D eigenvalue weighted by molar-refractivity contribution is -0.123. The Balaban J connectivity index is 2.38. The molecule has 3 heteroatoms. The van der Waals surface area contributed by atoms with E-state index >= 15 is 0 Å². The molecular formula is C14H18N2O. The van der Waals surface area contributed by atoms with Crippen LogP contribution in [0.5, 0.6) is 0 Å². The van der Waals surface area contributed by atoms with Crippen LogP contribution in [0.15, 0.2) is 24.3 Å². The third-order valence-electron chi connectivity index (χ3n) is 2.68. The van der Waals surface area contributed by atoms with Crippen molar-refractivity contribution in [3.05, 3.63) is 35.4 Å². The molecular weight excluding hydrogens is 212 g/mol. The first kappa shape index (κ1) is 13.2. The van der Waals surface area contributed by atoms with Gasteiger partial charge < -0.3 is 5.32 Å². The number of nitrogens with one attached hydrogen (secondary N) is 1. The number of nitriles is 1. The molecule has 0 saturated heterocycles. The highest BCUT2D eigenvalue weighted by molar-refractivity contribution is 5.80. The fourth-order valence-corrected chi connectivity index (χ4v) is 1.66. The quantitative estimate of drug-likeness (QED) is 0.843. The molecule has 1 N–H and O–H groups in total. The molecule has 1 aromatic carbocycles. The van der Waals surface area contributed by atoms with Crippen molar-refractivity contribution in [3.63, 3.8) is 0 Å². The van der Waals surface area contributed by atoms with Crippen molar-refractivity contribution < 1.29 is 4.79 Å². The molecule has 0 aliphatic heterocycles. The zero-order valence-corrected chi connectivity index (χ0v) is 10.4. The zero-order chi connectivity index (χ0) is 12.7. The largest absolute Gasteiger partial charge is 0.355 e. The highest BCUT2D eigenvalue weighted by atomic mass is 16.1. The van der Waals surface area contributed by atoms with Gasteiger partial charge in [0.15, 0.2) is 0 Å². The topological polar surface area (TPSA) is 52.9 Å². The standard InChI is InChI=1S/C14H18N2O/c1-3-13(10-15)14(17)16-8-7-12-6-4-5-11(2)9-12/h4-6,9,13H,3,7-8H2,1-2H3,(H,16,17). The lowest BCUT2D eigenvalue weighted by atomic mass is 10.1. The summed E-state index contributed by atoms with van der Waals surface area (Å²) in [5.74, 6) is -0.685. The van der Waals surface area contributed by atoms with E-state index in [1.165, 1.54) is 11.1 Å². The van der Waals surface area contributed by atoms with Gasteiger partial charge in [0.25, 0.3) is 0 Å². The van der Waals surface area contributed by atoms with Gasteiger partial charge in [-0.05, 0) is 25.3 Å². The number of carbonyl (C=O) groups excluding carboxylic acids is 1. The van der Waals surface area contributed by atoms with E-state index in [-0.39, 0.29) is 5.91 Å². The van der Waals surface area contributed by atoms with Crippen LogP contribution in [0.4, 0.5) is 0 Å².